The second-order valence-corrected chi connectivity index (χ2v) is 7.57. The number of ketones is 1. The minimum absolute atomic E-state index is 0.143. The Morgan fingerprint density at radius 2 is 1.37 bits per heavy atom. The number of nitrogens with one attached hydrogen (secondary N) is 2. The summed E-state index contributed by atoms with van der Waals surface area (Å²) in [6, 6.07) is 26.5. The maximum absolute atomic E-state index is 11.8. The van der Waals surface area contributed by atoms with Crippen molar-refractivity contribution in [3.8, 4) is 23.0 Å². The third kappa shape index (κ3) is 7.82. The molecule has 1 amide bonds. The molecule has 2 N–H and O–H groups in total. The lowest BCUT2D eigenvalue weighted by atomic mass is 10.1. The normalized spacial score (nSPS) is 10.1. The summed E-state index contributed by atoms with van der Waals surface area (Å²) in [6.45, 7) is 1.38. The van der Waals surface area contributed by atoms with Crippen molar-refractivity contribution in [2.75, 3.05) is 17.7 Å². The van der Waals surface area contributed by atoms with E-state index in [-0.39, 0.29) is 18.1 Å². The van der Waals surface area contributed by atoms with E-state index in [1.165, 1.54) is 6.92 Å². The number of benzene rings is 4. The largest absolute Gasteiger partial charge is 0.457 e. The van der Waals surface area contributed by atoms with Gasteiger partial charge in [0.05, 0.1) is 6.42 Å². The Kier molecular flexibility index (Phi) is 10.2. The van der Waals surface area contributed by atoms with E-state index in [0.29, 0.717) is 22.9 Å². The van der Waals surface area contributed by atoms with Gasteiger partial charge >= 0.3 is 0 Å². The van der Waals surface area contributed by atoms with E-state index in [2.05, 4.69) is 47.9 Å². The molecule has 4 aromatic carbocycles. The molecule has 6 nitrogen and oxygen atoms in total. The van der Waals surface area contributed by atoms with Gasteiger partial charge in [-0.15, -0.1) is 0 Å². The van der Waals surface area contributed by atoms with Gasteiger partial charge < -0.3 is 20.1 Å². The van der Waals surface area contributed by atoms with Gasteiger partial charge in [-0.25, -0.2) is 0 Å². The topological polar surface area (TPSA) is 76.7 Å². The number of rotatable bonds is 8. The molecule has 0 bridgehead atoms. The molecule has 0 aliphatic rings. The molecule has 180 valence electrons. The van der Waals surface area contributed by atoms with Crippen LogP contribution in [0.3, 0.4) is 0 Å². The Bertz CT molecular complexity index is 1290. The summed E-state index contributed by atoms with van der Waals surface area (Å²) >= 11 is 4.24. The number of carbonyl (C=O) groups is 2. The maximum Gasteiger partial charge on any atom is 0.231 e. The van der Waals surface area contributed by atoms with Crippen LogP contribution in [0.4, 0.5) is 11.4 Å². The summed E-state index contributed by atoms with van der Waals surface area (Å²) < 4.78 is 12.3. The van der Waals surface area contributed by atoms with Crippen molar-refractivity contribution >= 4 is 71.1 Å². The van der Waals surface area contributed by atoms with Gasteiger partial charge in [0.1, 0.15) is 28.8 Å². The van der Waals surface area contributed by atoms with Crippen molar-refractivity contribution in [1.82, 2.24) is 0 Å². The van der Waals surface area contributed by atoms with Crippen LogP contribution in [0.25, 0.3) is 10.8 Å². The lowest BCUT2D eigenvalue weighted by Gasteiger charge is -2.13. The van der Waals surface area contributed by atoms with Gasteiger partial charge in [0.25, 0.3) is 0 Å². The number of carbonyl (C=O) groups excluding carboxylic acids is 2. The van der Waals surface area contributed by atoms with Crippen molar-refractivity contribution in [2.45, 2.75) is 13.3 Å². The highest BCUT2D eigenvalue weighted by atomic mass is 128. The molecule has 0 saturated carbocycles. The Balaban J connectivity index is 0.00000167. The van der Waals surface area contributed by atoms with Gasteiger partial charge in [0, 0.05) is 67.1 Å². The molecule has 0 heterocycles. The summed E-state index contributed by atoms with van der Waals surface area (Å²) in [4.78, 5) is 22.8. The maximum atomic E-state index is 11.8. The molecule has 35 heavy (non-hydrogen) atoms. The number of amides is 1. The first kappa shape index (κ1) is 26.7. The minimum Gasteiger partial charge on any atom is -0.457 e. The molecular weight excluding hydrogens is 670 g/mol. The molecule has 0 fully saturated rings. The van der Waals surface area contributed by atoms with Crippen molar-refractivity contribution in [2.24, 2.45) is 0 Å². The summed E-state index contributed by atoms with van der Waals surface area (Å²) in [7, 11) is 1.87. The third-order valence-corrected chi connectivity index (χ3v) is 4.95. The summed E-state index contributed by atoms with van der Waals surface area (Å²) in [5, 5.41) is 7.75. The number of hydrogen-bond acceptors (Lipinski definition) is 5. The zero-order valence-electron chi connectivity index (χ0n) is 19.2. The lowest BCUT2D eigenvalue weighted by molar-refractivity contribution is -0.124. The van der Waals surface area contributed by atoms with E-state index in [0.717, 1.165) is 22.2 Å². The Hall–Kier alpha value is -2.86. The van der Waals surface area contributed by atoms with Crippen LogP contribution in [-0.2, 0) is 9.59 Å². The number of halogens is 2. The number of hydrogen-bond donors (Lipinski definition) is 2. The second-order valence-electron chi connectivity index (χ2n) is 7.57. The first-order valence-corrected chi connectivity index (χ1v) is 17.0. The predicted octanol–water partition coefficient (Wildman–Crippen LogP) is 8.16. The van der Waals surface area contributed by atoms with Crippen LogP contribution in [0.2, 0.25) is 0 Å². The van der Waals surface area contributed by atoms with Crippen LogP contribution in [0.5, 0.6) is 23.0 Å². The highest BCUT2D eigenvalue weighted by Crippen LogP contribution is 2.36. The molecule has 0 aliphatic heterocycles. The van der Waals surface area contributed by atoms with Crippen LogP contribution in [-0.4, -0.2) is 18.7 Å². The van der Waals surface area contributed by atoms with Gasteiger partial charge in [0.2, 0.25) is 5.91 Å². The van der Waals surface area contributed by atoms with E-state index in [4.69, 9.17) is 9.47 Å². The molecule has 0 spiro atoms. The number of fused-ring (bicyclic) bond motifs is 1. The first-order valence-electron chi connectivity index (χ1n) is 10.7. The average molecular weight is 694 g/mol. The first-order chi connectivity index (χ1) is 17.0. The highest BCUT2D eigenvalue weighted by Gasteiger charge is 2.10. The predicted molar refractivity (Wildman–Crippen MR) is 158 cm³/mol. The Morgan fingerprint density at radius 1 is 0.771 bits per heavy atom. The zero-order valence-corrected chi connectivity index (χ0v) is 23.5. The summed E-state index contributed by atoms with van der Waals surface area (Å²) in [5.41, 5.74) is 1.60. The van der Waals surface area contributed by atoms with Gasteiger partial charge in [-0.05, 0) is 66.9 Å². The highest BCUT2D eigenvalue weighted by molar-refractivity contribution is 15.0. The molecule has 0 aromatic heterocycles. The molecule has 0 radical (unpaired) electrons. The molecule has 0 aliphatic carbocycles. The van der Waals surface area contributed by atoms with Gasteiger partial charge in [0.15, 0.2) is 0 Å². The Labute approximate surface area is 227 Å². The fourth-order valence-corrected chi connectivity index (χ4v) is 3.38. The van der Waals surface area contributed by atoms with Crippen LogP contribution >= 0.6 is 37.2 Å². The zero-order chi connectivity index (χ0) is 25.2. The van der Waals surface area contributed by atoms with Crippen LogP contribution in [0.15, 0.2) is 84.9 Å². The Morgan fingerprint density at radius 3 is 2.00 bits per heavy atom. The van der Waals surface area contributed by atoms with Gasteiger partial charge in [-0.3, -0.25) is 9.59 Å². The molecule has 8 heteroatoms. The van der Waals surface area contributed by atoms with Crippen LogP contribution in [0.1, 0.15) is 13.3 Å². The van der Waals surface area contributed by atoms with Crippen molar-refractivity contribution < 1.29 is 19.1 Å². The van der Waals surface area contributed by atoms with Crippen LogP contribution in [0, 0.1) is 0 Å². The summed E-state index contributed by atoms with van der Waals surface area (Å²) in [6.07, 6.45) is -0.143. The number of Topliss-reactive ketones (excluding diaryl/α,β-unsaturated/α-hetero) is 1. The van der Waals surface area contributed by atoms with Crippen molar-refractivity contribution in [1.29, 1.82) is 0 Å². The van der Waals surface area contributed by atoms with Gasteiger partial charge in [-0.1, -0.05) is 24.3 Å². The lowest BCUT2D eigenvalue weighted by Crippen LogP contribution is -2.14. The quantitative estimate of drug-likeness (QED) is 0.144. The molecular formula is C27H24I2N2O4. The SMILES string of the molecule is CNc1ccc(Oc2cc(Oc3ccc(NC(=O)CC(C)=O)cc3)cc3ccccc23)cc1.II. The molecule has 0 atom stereocenters. The van der Waals surface area contributed by atoms with E-state index in [9.17, 15) is 9.59 Å². The number of anilines is 2. The smallest absolute Gasteiger partial charge is 0.231 e. The standard InChI is InChI=1S/C27H24N2O4.I2/c1-18(30)15-27(31)29-21-9-13-22(14-10-21)32-24-16-19-5-3-4-6-25(19)26(17-24)33-23-11-7-20(28-2)8-12-23;1-2/h3-14,16-17,28H,15H2,1-2H3,(H,29,31);. The fraction of sp³-hybridized carbons (Fsp3) is 0.111. The van der Waals surface area contributed by atoms with Gasteiger partial charge in [-0.2, -0.15) is 0 Å². The molecule has 4 rings (SSSR count). The van der Waals surface area contributed by atoms with E-state index in [1.54, 1.807) is 24.3 Å². The number of ether oxygens (including phenoxy) is 2. The second kappa shape index (κ2) is 13.3. The summed E-state index contributed by atoms with van der Waals surface area (Å²) in [5.74, 6) is 2.13. The van der Waals surface area contributed by atoms with Crippen molar-refractivity contribution in [3.63, 3.8) is 0 Å². The minimum atomic E-state index is -0.338. The fourth-order valence-electron chi connectivity index (χ4n) is 3.38. The van der Waals surface area contributed by atoms with E-state index < -0.39 is 0 Å². The average Bonchev–Trinajstić information content (AvgIpc) is 2.86. The molecule has 0 saturated heterocycles. The molecule has 0 unspecified atom stereocenters. The van der Waals surface area contributed by atoms with Crippen LogP contribution < -0.4 is 20.1 Å². The van der Waals surface area contributed by atoms with E-state index in [1.807, 2.05) is 67.7 Å². The molecule has 4 aromatic rings. The monoisotopic (exact) mass is 694 g/mol. The van der Waals surface area contributed by atoms with Crippen molar-refractivity contribution in [3.05, 3.63) is 84.9 Å². The third-order valence-electron chi connectivity index (χ3n) is 4.95. The van der Waals surface area contributed by atoms with E-state index >= 15 is 0 Å².